The van der Waals surface area contributed by atoms with Crippen molar-refractivity contribution < 1.29 is 13.9 Å². The molecule has 100 valence electrons. The van der Waals surface area contributed by atoms with Gasteiger partial charge in [0, 0.05) is 0 Å². The summed E-state index contributed by atoms with van der Waals surface area (Å²) in [6, 6.07) is 6.86. The van der Waals surface area contributed by atoms with Crippen LogP contribution in [0.1, 0.15) is 44.9 Å². The van der Waals surface area contributed by atoms with Crippen LogP contribution in [-0.2, 0) is 11.4 Å². The fourth-order valence-corrected chi connectivity index (χ4v) is 1.51. The van der Waals surface area contributed by atoms with Gasteiger partial charge >= 0.3 is 6.09 Å². The van der Waals surface area contributed by atoms with Crippen LogP contribution >= 0.6 is 0 Å². The summed E-state index contributed by atoms with van der Waals surface area (Å²) in [4.78, 5) is 11.6. The minimum absolute atomic E-state index is 0.216. The van der Waals surface area contributed by atoms with Crippen LogP contribution in [-0.4, -0.2) is 11.7 Å². The number of hydrogen-bond donors (Lipinski definition) is 1. The zero-order valence-electron chi connectivity index (χ0n) is 11.3. The van der Waals surface area contributed by atoms with E-state index in [1.165, 1.54) is 0 Å². The van der Waals surface area contributed by atoms with E-state index in [9.17, 15) is 9.18 Å². The maximum atomic E-state index is 12.5. The monoisotopic (exact) mass is 253 g/mol. The van der Waals surface area contributed by atoms with Crippen molar-refractivity contribution in [2.75, 3.05) is 0 Å². The lowest BCUT2D eigenvalue weighted by Crippen LogP contribution is -2.34. The van der Waals surface area contributed by atoms with Crippen molar-refractivity contribution in [1.82, 2.24) is 5.32 Å². The molecule has 0 aromatic heterocycles. The van der Waals surface area contributed by atoms with E-state index >= 15 is 0 Å². The van der Waals surface area contributed by atoms with Crippen LogP contribution in [0.2, 0.25) is 0 Å². The largest absolute Gasteiger partial charge is 0.444 e. The van der Waals surface area contributed by atoms with Crippen LogP contribution in [0.15, 0.2) is 24.3 Å². The maximum absolute atomic E-state index is 12.5. The molecular formula is C14H20FNO2. The van der Waals surface area contributed by atoms with Crippen LogP contribution < -0.4 is 5.32 Å². The van der Waals surface area contributed by atoms with Crippen molar-refractivity contribution in [3.63, 3.8) is 0 Å². The minimum Gasteiger partial charge on any atom is -0.444 e. The molecule has 0 spiro atoms. The third-order valence-corrected chi connectivity index (χ3v) is 2.34. The lowest BCUT2D eigenvalue weighted by Gasteiger charge is -2.22. The summed E-state index contributed by atoms with van der Waals surface area (Å²) in [5, 5.41) is 2.72. The number of halogens is 1. The van der Waals surface area contributed by atoms with Gasteiger partial charge in [-0.2, -0.15) is 0 Å². The summed E-state index contributed by atoms with van der Waals surface area (Å²) >= 11 is 0. The highest BCUT2D eigenvalue weighted by atomic mass is 19.1. The van der Waals surface area contributed by atoms with Crippen LogP contribution in [0.3, 0.4) is 0 Å². The Morgan fingerprint density at radius 3 is 2.67 bits per heavy atom. The molecule has 0 bridgehead atoms. The lowest BCUT2D eigenvalue weighted by molar-refractivity contribution is 0.0508. The molecule has 1 rings (SSSR count). The Hall–Kier alpha value is -1.58. The number of carbonyl (C=O) groups excluding carboxylic acids is 1. The van der Waals surface area contributed by atoms with Gasteiger partial charge < -0.3 is 10.1 Å². The molecule has 1 aromatic rings. The van der Waals surface area contributed by atoms with Crippen molar-refractivity contribution in [1.29, 1.82) is 0 Å². The fourth-order valence-electron chi connectivity index (χ4n) is 1.51. The molecule has 0 heterocycles. The second-order valence-corrected chi connectivity index (χ2v) is 5.25. The molecule has 0 saturated carbocycles. The first-order chi connectivity index (χ1) is 8.31. The Kier molecular flexibility index (Phi) is 4.70. The predicted octanol–water partition coefficient (Wildman–Crippen LogP) is 3.74. The predicted molar refractivity (Wildman–Crippen MR) is 69.0 cm³/mol. The number of nitrogens with one attached hydrogen (secondary N) is 1. The minimum atomic E-state index is -0.523. The molecule has 0 aliphatic carbocycles. The second kappa shape index (κ2) is 5.85. The molecule has 1 aromatic carbocycles. The summed E-state index contributed by atoms with van der Waals surface area (Å²) in [6.45, 7) is 6.75. The Balaban J connectivity index is 2.64. The molecule has 1 atom stereocenters. The van der Waals surface area contributed by atoms with Crippen LogP contribution in [0.25, 0.3) is 0 Å². The van der Waals surface area contributed by atoms with Crippen LogP contribution in [0.4, 0.5) is 9.18 Å². The average molecular weight is 253 g/mol. The molecular weight excluding hydrogens is 233 g/mol. The molecule has 0 aliphatic rings. The zero-order valence-corrected chi connectivity index (χ0v) is 11.3. The highest BCUT2D eigenvalue weighted by Crippen LogP contribution is 2.16. The van der Waals surface area contributed by atoms with E-state index in [1.807, 2.05) is 13.0 Å². The van der Waals surface area contributed by atoms with Crippen molar-refractivity contribution in [2.24, 2.45) is 0 Å². The number of hydrogen-bond acceptors (Lipinski definition) is 2. The highest BCUT2D eigenvalue weighted by molar-refractivity contribution is 5.68. The van der Waals surface area contributed by atoms with Gasteiger partial charge in [-0.05, 0) is 38.8 Å². The Morgan fingerprint density at radius 2 is 2.11 bits per heavy atom. The van der Waals surface area contributed by atoms with Gasteiger partial charge in [0.2, 0.25) is 0 Å². The number of amides is 1. The number of rotatable bonds is 3. The van der Waals surface area contributed by atoms with Gasteiger partial charge in [0.05, 0.1) is 6.04 Å². The van der Waals surface area contributed by atoms with Gasteiger partial charge in [-0.1, -0.05) is 24.3 Å². The third-order valence-electron chi connectivity index (χ3n) is 2.34. The van der Waals surface area contributed by atoms with Gasteiger partial charge in [0.15, 0.2) is 0 Å². The Bertz CT molecular complexity index is 413. The van der Waals surface area contributed by atoms with E-state index in [1.54, 1.807) is 39.0 Å². The summed E-state index contributed by atoms with van der Waals surface area (Å²) < 4.78 is 17.7. The lowest BCUT2D eigenvalue weighted by atomic mass is 10.1. The van der Waals surface area contributed by atoms with Crippen LogP contribution in [0, 0.1) is 0 Å². The summed E-state index contributed by atoms with van der Waals surface area (Å²) in [5.74, 6) is 0. The van der Waals surface area contributed by atoms with E-state index in [0.29, 0.717) is 5.56 Å². The topological polar surface area (TPSA) is 38.3 Å². The van der Waals surface area contributed by atoms with Crippen molar-refractivity contribution >= 4 is 6.09 Å². The van der Waals surface area contributed by atoms with E-state index in [2.05, 4.69) is 5.32 Å². The molecule has 4 heteroatoms. The normalized spacial score (nSPS) is 12.9. The maximum Gasteiger partial charge on any atom is 0.408 e. The smallest absolute Gasteiger partial charge is 0.408 e. The molecule has 18 heavy (non-hydrogen) atoms. The third kappa shape index (κ3) is 4.73. The van der Waals surface area contributed by atoms with E-state index < -0.39 is 18.4 Å². The summed E-state index contributed by atoms with van der Waals surface area (Å²) in [7, 11) is 0. The van der Waals surface area contributed by atoms with Gasteiger partial charge in [0.25, 0.3) is 0 Å². The van der Waals surface area contributed by atoms with Crippen molar-refractivity contribution in [2.45, 2.75) is 46.0 Å². The van der Waals surface area contributed by atoms with Crippen LogP contribution in [0.5, 0.6) is 0 Å². The zero-order chi connectivity index (χ0) is 13.8. The van der Waals surface area contributed by atoms with E-state index in [0.717, 1.165) is 5.56 Å². The van der Waals surface area contributed by atoms with E-state index in [4.69, 9.17) is 4.74 Å². The van der Waals surface area contributed by atoms with Gasteiger partial charge in [-0.25, -0.2) is 9.18 Å². The highest BCUT2D eigenvalue weighted by Gasteiger charge is 2.18. The van der Waals surface area contributed by atoms with E-state index in [-0.39, 0.29) is 6.04 Å². The Morgan fingerprint density at radius 1 is 1.44 bits per heavy atom. The molecule has 1 unspecified atom stereocenters. The SMILES string of the molecule is CC(NC(=O)OC(C)(C)C)c1cccc(CF)c1. The van der Waals surface area contributed by atoms with Crippen molar-refractivity contribution in [3.05, 3.63) is 35.4 Å². The number of benzene rings is 1. The number of carbonyl (C=O) groups is 1. The molecule has 3 nitrogen and oxygen atoms in total. The quantitative estimate of drug-likeness (QED) is 0.891. The second-order valence-electron chi connectivity index (χ2n) is 5.25. The standard InChI is InChI=1S/C14H20FNO2/c1-10(16-13(17)18-14(2,3)4)12-7-5-6-11(8-12)9-15/h5-8,10H,9H2,1-4H3,(H,16,17). The van der Waals surface area contributed by atoms with Gasteiger partial charge in [0.1, 0.15) is 12.3 Å². The van der Waals surface area contributed by atoms with Gasteiger partial charge in [-0.15, -0.1) is 0 Å². The first kappa shape index (κ1) is 14.5. The number of alkyl halides is 1. The average Bonchev–Trinajstić information content (AvgIpc) is 2.26. The first-order valence-electron chi connectivity index (χ1n) is 5.96. The molecule has 0 aliphatic heterocycles. The first-order valence-corrected chi connectivity index (χ1v) is 5.96. The summed E-state index contributed by atoms with van der Waals surface area (Å²) in [5.41, 5.74) is 0.936. The number of alkyl carbamates (subject to hydrolysis) is 1. The fraction of sp³-hybridized carbons (Fsp3) is 0.500. The molecule has 0 radical (unpaired) electrons. The molecule has 1 amide bonds. The molecule has 0 saturated heterocycles. The molecule has 1 N–H and O–H groups in total. The summed E-state index contributed by atoms with van der Waals surface area (Å²) in [6.07, 6.45) is -0.472. The van der Waals surface area contributed by atoms with Crippen molar-refractivity contribution in [3.8, 4) is 0 Å². The molecule has 0 fully saturated rings. The Labute approximate surface area is 107 Å². The number of ether oxygens (including phenoxy) is 1. The van der Waals surface area contributed by atoms with Gasteiger partial charge in [-0.3, -0.25) is 0 Å².